The fourth-order valence-corrected chi connectivity index (χ4v) is 2.95. The summed E-state index contributed by atoms with van der Waals surface area (Å²) in [5.74, 6) is 1.15. The normalized spacial score (nSPS) is 26.2. The molecule has 0 N–H and O–H groups in total. The highest BCUT2D eigenvalue weighted by molar-refractivity contribution is 5.80. The Morgan fingerprint density at radius 3 is 2.28 bits per heavy atom. The first-order chi connectivity index (χ1) is 8.58. The highest BCUT2D eigenvalue weighted by Gasteiger charge is 2.31. The number of hydrogen-bond donors (Lipinski definition) is 0. The van der Waals surface area contributed by atoms with Crippen molar-refractivity contribution in [2.75, 3.05) is 26.2 Å². The van der Waals surface area contributed by atoms with Crippen LogP contribution >= 0.6 is 0 Å². The predicted octanol–water partition coefficient (Wildman–Crippen LogP) is 1.50. The predicted molar refractivity (Wildman–Crippen MR) is 70.0 cm³/mol. The average molecular weight is 252 g/mol. The number of rotatable bonds is 1. The monoisotopic (exact) mass is 252 g/mol. The lowest BCUT2D eigenvalue weighted by Crippen LogP contribution is -2.48. The van der Waals surface area contributed by atoms with Crippen LogP contribution in [0.1, 0.15) is 39.5 Å². The molecule has 0 aromatic heterocycles. The Hall–Kier alpha value is -1.06. The summed E-state index contributed by atoms with van der Waals surface area (Å²) in [5.41, 5.74) is 0. The fraction of sp³-hybridized carbons (Fsp3) is 0.857. The summed E-state index contributed by atoms with van der Waals surface area (Å²) >= 11 is 0. The fourth-order valence-electron chi connectivity index (χ4n) is 2.95. The van der Waals surface area contributed by atoms with Crippen molar-refractivity contribution in [3.63, 3.8) is 0 Å². The minimum absolute atomic E-state index is 0.0380. The van der Waals surface area contributed by atoms with Crippen molar-refractivity contribution < 1.29 is 9.59 Å². The van der Waals surface area contributed by atoms with Crippen molar-refractivity contribution >= 4 is 11.8 Å². The van der Waals surface area contributed by atoms with Gasteiger partial charge in [-0.2, -0.15) is 0 Å². The Labute approximate surface area is 109 Å². The zero-order valence-corrected chi connectivity index (χ0v) is 11.5. The molecule has 1 atom stereocenters. The van der Waals surface area contributed by atoms with Gasteiger partial charge in [0.15, 0.2) is 0 Å². The maximum Gasteiger partial charge on any atom is 0.227 e. The zero-order valence-electron chi connectivity index (χ0n) is 11.5. The second kappa shape index (κ2) is 5.72. The van der Waals surface area contributed by atoms with Crippen LogP contribution in [-0.2, 0) is 9.59 Å². The maximum absolute atomic E-state index is 12.4. The van der Waals surface area contributed by atoms with Gasteiger partial charge < -0.3 is 9.80 Å². The lowest BCUT2D eigenvalue weighted by Gasteiger charge is -2.37. The first-order valence-corrected chi connectivity index (χ1v) is 7.12. The molecular formula is C14H24N2O2. The molecule has 2 rings (SSSR count). The van der Waals surface area contributed by atoms with E-state index in [1.165, 1.54) is 0 Å². The molecular weight excluding hydrogens is 228 g/mol. The summed E-state index contributed by atoms with van der Waals surface area (Å²) < 4.78 is 0. The standard InChI is InChI=1S/C14H24N2O2/c1-11-5-8-15(9-6-11)14(18)13-4-3-7-16(10-13)12(2)17/h11,13H,3-10H2,1-2H3. The molecule has 2 saturated heterocycles. The molecule has 0 aromatic carbocycles. The van der Waals surface area contributed by atoms with E-state index in [-0.39, 0.29) is 17.7 Å². The summed E-state index contributed by atoms with van der Waals surface area (Å²) in [6, 6.07) is 0. The topological polar surface area (TPSA) is 40.6 Å². The number of carbonyl (C=O) groups excluding carboxylic acids is 2. The van der Waals surface area contributed by atoms with Crippen LogP contribution in [0.2, 0.25) is 0 Å². The molecule has 0 bridgehead atoms. The molecule has 0 saturated carbocycles. The van der Waals surface area contributed by atoms with E-state index < -0.39 is 0 Å². The number of piperidine rings is 2. The Balaban J connectivity index is 1.90. The first-order valence-electron chi connectivity index (χ1n) is 7.12. The Bertz CT molecular complexity index is 322. The van der Waals surface area contributed by atoms with E-state index in [0.29, 0.717) is 6.54 Å². The number of nitrogens with zero attached hydrogens (tertiary/aromatic N) is 2. The van der Waals surface area contributed by atoms with E-state index in [2.05, 4.69) is 6.92 Å². The van der Waals surface area contributed by atoms with Gasteiger partial charge in [0.05, 0.1) is 5.92 Å². The Morgan fingerprint density at radius 1 is 1.00 bits per heavy atom. The lowest BCUT2D eigenvalue weighted by molar-refractivity contribution is -0.141. The molecule has 102 valence electrons. The van der Waals surface area contributed by atoms with Crippen LogP contribution in [0.5, 0.6) is 0 Å². The molecule has 2 aliphatic heterocycles. The number of likely N-dealkylation sites (tertiary alicyclic amines) is 2. The highest BCUT2D eigenvalue weighted by Crippen LogP contribution is 2.22. The second-order valence-electron chi connectivity index (χ2n) is 5.81. The second-order valence-corrected chi connectivity index (χ2v) is 5.81. The lowest BCUT2D eigenvalue weighted by atomic mass is 9.93. The van der Waals surface area contributed by atoms with Gasteiger partial charge in [-0.3, -0.25) is 9.59 Å². The molecule has 2 amide bonds. The third-order valence-electron chi connectivity index (χ3n) is 4.31. The van der Waals surface area contributed by atoms with Crippen molar-refractivity contribution in [3.05, 3.63) is 0 Å². The van der Waals surface area contributed by atoms with Crippen molar-refractivity contribution in [1.82, 2.24) is 9.80 Å². The van der Waals surface area contributed by atoms with Crippen LogP contribution in [0.4, 0.5) is 0 Å². The van der Waals surface area contributed by atoms with Gasteiger partial charge in [-0.05, 0) is 31.6 Å². The summed E-state index contributed by atoms with van der Waals surface area (Å²) in [7, 11) is 0. The van der Waals surface area contributed by atoms with Crippen molar-refractivity contribution in [2.45, 2.75) is 39.5 Å². The summed E-state index contributed by atoms with van der Waals surface area (Å²) in [6.07, 6.45) is 4.14. The molecule has 2 aliphatic rings. The minimum atomic E-state index is 0.0380. The van der Waals surface area contributed by atoms with E-state index in [0.717, 1.165) is 51.2 Å². The molecule has 18 heavy (non-hydrogen) atoms. The number of carbonyl (C=O) groups is 2. The first kappa shape index (κ1) is 13.4. The van der Waals surface area contributed by atoms with Crippen molar-refractivity contribution in [1.29, 1.82) is 0 Å². The van der Waals surface area contributed by atoms with Gasteiger partial charge in [0.25, 0.3) is 0 Å². The van der Waals surface area contributed by atoms with Gasteiger partial charge in [-0.1, -0.05) is 6.92 Å². The van der Waals surface area contributed by atoms with E-state index in [1.54, 1.807) is 6.92 Å². The van der Waals surface area contributed by atoms with Crippen LogP contribution in [0, 0.1) is 11.8 Å². The van der Waals surface area contributed by atoms with Gasteiger partial charge in [-0.25, -0.2) is 0 Å². The number of hydrogen-bond acceptors (Lipinski definition) is 2. The third-order valence-corrected chi connectivity index (χ3v) is 4.31. The van der Waals surface area contributed by atoms with Gasteiger partial charge in [0.2, 0.25) is 11.8 Å². The average Bonchev–Trinajstić information content (AvgIpc) is 2.39. The van der Waals surface area contributed by atoms with E-state index in [4.69, 9.17) is 0 Å². The Morgan fingerprint density at radius 2 is 1.67 bits per heavy atom. The van der Waals surface area contributed by atoms with Gasteiger partial charge >= 0.3 is 0 Å². The molecule has 4 heteroatoms. The van der Waals surface area contributed by atoms with E-state index in [9.17, 15) is 9.59 Å². The van der Waals surface area contributed by atoms with Crippen LogP contribution in [0.3, 0.4) is 0 Å². The van der Waals surface area contributed by atoms with Gasteiger partial charge in [-0.15, -0.1) is 0 Å². The molecule has 2 heterocycles. The minimum Gasteiger partial charge on any atom is -0.342 e. The summed E-state index contributed by atoms with van der Waals surface area (Å²) in [5, 5.41) is 0. The van der Waals surface area contributed by atoms with E-state index >= 15 is 0 Å². The van der Waals surface area contributed by atoms with Gasteiger partial charge in [0, 0.05) is 33.1 Å². The van der Waals surface area contributed by atoms with Crippen LogP contribution in [-0.4, -0.2) is 47.8 Å². The zero-order chi connectivity index (χ0) is 13.1. The number of amides is 2. The highest BCUT2D eigenvalue weighted by atomic mass is 16.2. The molecule has 0 aromatic rings. The Kier molecular flexibility index (Phi) is 4.25. The van der Waals surface area contributed by atoms with Gasteiger partial charge in [0.1, 0.15) is 0 Å². The summed E-state index contributed by atoms with van der Waals surface area (Å²) in [6.45, 7) is 7.08. The van der Waals surface area contributed by atoms with Crippen LogP contribution in [0.15, 0.2) is 0 Å². The molecule has 1 unspecified atom stereocenters. The largest absolute Gasteiger partial charge is 0.342 e. The molecule has 4 nitrogen and oxygen atoms in total. The molecule has 0 aliphatic carbocycles. The molecule has 2 fully saturated rings. The SMILES string of the molecule is CC(=O)N1CCCC(C(=O)N2CCC(C)CC2)C1. The molecule has 0 radical (unpaired) electrons. The third kappa shape index (κ3) is 3.03. The smallest absolute Gasteiger partial charge is 0.227 e. The molecule has 0 spiro atoms. The van der Waals surface area contributed by atoms with E-state index in [1.807, 2.05) is 9.80 Å². The van der Waals surface area contributed by atoms with Crippen molar-refractivity contribution in [3.8, 4) is 0 Å². The maximum atomic E-state index is 12.4. The van der Waals surface area contributed by atoms with Crippen LogP contribution < -0.4 is 0 Å². The summed E-state index contributed by atoms with van der Waals surface area (Å²) in [4.78, 5) is 27.6. The quantitative estimate of drug-likeness (QED) is 0.709. The van der Waals surface area contributed by atoms with Crippen molar-refractivity contribution in [2.24, 2.45) is 11.8 Å². The van der Waals surface area contributed by atoms with Crippen LogP contribution in [0.25, 0.3) is 0 Å².